The number of rotatable bonds is 3. The van der Waals surface area contributed by atoms with E-state index in [0.717, 1.165) is 17.9 Å². The van der Waals surface area contributed by atoms with E-state index < -0.39 is 0 Å². The lowest BCUT2D eigenvalue weighted by molar-refractivity contribution is 0.0650. The first-order valence-corrected chi connectivity index (χ1v) is 7.28. The molecule has 1 aromatic heterocycles. The molecule has 0 bridgehead atoms. The molecule has 18 heavy (non-hydrogen) atoms. The van der Waals surface area contributed by atoms with Gasteiger partial charge in [0.2, 0.25) is 0 Å². The van der Waals surface area contributed by atoms with Crippen molar-refractivity contribution in [2.75, 3.05) is 0 Å². The summed E-state index contributed by atoms with van der Waals surface area (Å²) < 4.78 is 1.73. The molecule has 2 fully saturated rings. The number of carbonyl (C=O) groups excluding carboxylic acids is 1. The van der Waals surface area contributed by atoms with Crippen molar-refractivity contribution in [1.29, 1.82) is 0 Å². The van der Waals surface area contributed by atoms with Crippen LogP contribution in [0.3, 0.4) is 0 Å². The van der Waals surface area contributed by atoms with Crippen LogP contribution in [0.1, 0.15) is 55.3 Å². The van der Waals surface area contributed by atoms with Gasteiger partial charge in [0.05, 0.1) is 11.8 Å². The second-order valence-electron chi connectivity index (χ2n) is 6.01. The summed E-state index contributed by atoms with van der Waals surface area (Å²) in [6.07, 6.45) is 12.6. The van der Waals surface area contributed by atoms with E-state index in [1.165, 1.54) is 38.5 Å². The molecule has 1 heterocycles. The van der Waals surface area contributed by atoms with Crippen LogP contribution in [0.4, 0.5) is 0 Å². The number of carbonyl (C=O) groups is 1. The smallest absolute Gasteiger partial charge is 0.169 e. The van der Waals surface area contributed by atoms with Crippen molar-refractivity contribution in [3.63, 3.8) is 0 Å². The zero-order chi connectivity index (χ0) is 12.5. The van der Waals surface area contributed by atoms with E-state index in [-0.39, 0.29) is 5.92 Å². The molecular weight excluding hydrogens is 224 g/mol. The van der Waals surface area contributed by atoms with Crippen LogP contribution in [0.5, 0.6) is 0 Å². The van der Waals surface area contributed by atoms with Crippen LogP contribution in [-0.4, -0.2) is 15.6 Å². The fourth-order valence-electron chi connectivity index (χ4n) is 3.68. The summed E-state index contributed by atoms with van der Waals surface area (Å²) >= 11 is 0. The molecule has 2 aliphatic rings. The van der Waals surface area contributed by atoms with Crippen molar-refractivity contribution in [3.05, 3.63) is 18.0 Å². The third-order valence-corrected chi connectivity index (χ3v) is 4.90. The van der Waals surface area contributed by atoms with Gasteiger partial charge in [0.1, 0.15) is 0 Å². The van der Waals surface area contributed by atoms with Crippen LogP contribution in [0.15, 0.2) is 12.4 Å². The second kappa shape index (κ2) is 4.87. The van der Waals surface area contributed by atoms with Gasteiger partial charge in [-0.15, -0.1) is 0 Å². The number of hydrogen-bond donors (Lipinski definition) is 0. The van der Waals surface area contributed by atoms with Crippen molar-refractivity contribution < 1.29 is 4.79 Å². The first kappa shape index (κ1) is 11.9. The van der Waals surface area contributed by atoms with Crippen LogP contribution < -0.4 is 0 Å². The van der Waals surface area contributed by atoms with Crippen molar-refractivity contribution in [2.45, 2.75) is 44.9 Å². The van der Waals surface area contributed by atoms with E-state index in [4.69, 9.17) is 0 Å². The van der Waals surface area contributed by atoms with E-state index in [1.807, 2.05) is 13.2 Å². The standard InChI is InChI=1S/C15H22N2O/c1-17-10-12(9-16-17)15(18)14-8-3-2-7-13(14)11-5-4-6-11/h9-11,13-14H,2-8H2,1H3. The van der Waals surface area contributed by atoms with E-state index in [9.17, 15) is 4.79 Å². The van der Waals surface area contributed by atoms with Crippen LogP contribution >= 0.6 is 0 Å². The Balaban J connectivity index is 1.77. The molecule has 1 aromatic rings. The Hall–Kier alpha value is -1.12. The molecule has 3 rings (SSSR count). The quantitative estimate of drug-likeness (QED) is 0.768. The topological polar surface area (TPSA) is 34.9 Å². The molecule has 2 aliphatic carbocycles. The van der Waals surface area contributed by atoms with Crippen LogP contribution in [-0.2, 0) is 7.05 Å². The summed E-state index contributed by atoms with van der Waals surface area (Å²) in [7, 11) is 1.88. The summed E-state index contributed by atoms with van der Waals surface area (Å²) in [6.45, 7) is 0. The third-order valence-electron chi connectivity index (χ3n) is 4.90. The molecule has 0 amide bonds. The predicted octanol–water partition coefficient (Wildman–Crippen LogP) is 3.21. The Morgan fingerprint density at radius 1 is 1.22 bits per heavy atom. The second-order valence-corrected chi connectivity index (χ2v) is 6.01. The summed E-state index contributed by atoms with van der Waals surface area (Å²) in [5.74, 6) is 2.10. The number of nitrogens with zero attached hydrogens (tertiary/aromatic N) is 2. The maximum Gasteiger partial charge on any atom is 0.169 e. The van der Waals surface area contributed by atoms with E-state index in [2.05, 4.69) is 5.10 Å². The number of aromatic nitrogens is 2. The minimum absolute atomic E-state index is 0.272. The number of Topliss-reactive ketones (excluding diaryl/α,β-unsaturated/α-hetero) is 1. The van der Waals surface area contributed by atoms with Gasteiger partial charge in [0, 0.05) is 19.2 Å². The molecule has 0 saturated heterocycles. The highest BCUT2D eigenvalue weighted by atomic mass is 16.1. The van der Waals surface area contributed by atoms with Crippen molar-refractivity contribution in [3.8, 4) is 0 Å². The van der Waals surface area contributed by atoms with E-state index in [1.54, 1.807) is 10.9 Å². The number of ketones is 1. The lowest BCUT2D eigenvalue weighted by Gasteiger charge is -2.40. The zero-order valence-electron chi connectivity index (χ0n) is 11.1. The Kier molecular flexibility index (Phi) is 3.23. The Labute approximate surface area is 109 Å². The lowest BCUT2D eigenvalue weighted by atomic mass is 9.64. The molecule has 3 nitrogen and oxygen atoms in total. The summed E-state index contributed by atoms with van der Waals surface area (Å²) in [5, 5.41) is 4.13. The fraction of sp³-hybridized carbons (Fsp3) is 0.733. The monoisotopic (exact) mass is 246 g/mol. The molecule has 0 aliphatic heterocycles. The normalized spacial score (nSPS) is 28.9. The summed E-state index contributed by atoms with van der Waals surface area (Å²) in [4.78, 5) is 12.6. The largest absolute Gasteiger partial charge is 0.294 e. The average Bonchev–Trinajstić information content (AvgIpc) is 2.74. The minimum atomic E-state index is 0.272. The molecule has 2 unspecified atom stereocenters. The van der Waals surface area contributed by atoms with Gasteiger partial charge < -0.3 is 0 Å². The highest BCUT2D eigenvalue weighted by Gasteiger charge is 2.38. The van der Waals surface area contributed by atoms with Crippen molar-refractivity contribution in [2.24, 2.45) is 24.8 Å². The molecule has 0 spiro atoms. The van der Waals surface area contributed by atoms with E-state index >= 15 is 0 Å². The number of aryl methyl sites for hydroxylation is 1. The van der Waals surface area contributed by atoms with Crippen LogP contribution in [0.25, 0.3) is 0 Å². The van der Waals surface area contributed by atoms with Crippen molar-refractivity contribution >= 4 is 5.78 Å². The molecule has 98 valence electrons. The average molecular weight is 246 g/mol. The highest BCUT2D eigenvalue weighted by Crippen LogP contribution is 2.44. The van der Waals surface area contributed by atoms with Gasteiger partial charge in [0.25, 0.3) is 0 Å². The third kappa shape index (κ3) is 2.11. The van der Waals surface area contributed by atoms with Gasteiger partial charge in [-0.05, 0) is 24.7 Å². The molecule has 0 radical (unpaired) electrons. The van der Waals surface area contributed by atoms with Crippen LogP contribution in [0.2, 0.25) is 0 Å². The number of hydrogen-bond acceptors (Lipinski definition) is 2. The molecular formula is C15H22N2O. The Bertz CT molecular complexity index is 433. The van der Waals surface area contributed by atoms with Gasteiger partial charge in [-0.2, -0.15) is 5.10 Å². The van der Waals surface area contributed by atoms with Crippen molar-refractivity contribution in [1.82, 2.24) is 9.78 Å². The van der Waals surface area contributed by atoms with Gasteiger partial charge in [-0.1, -0.05) is 32.1 Å². The predicted molar refractivity (Wildman–Crippen MR) is 70.3 cm³/mol. The Morgan fingerprint density at radius 3 is 2.61 bits per heavy atom. The highest BCUT2D eigenvalue weighted by molar-refractivity contribution is 5.97. The first-order valence-electron chi connectivity index (χ1n) is 7.28. The van der Waals surface area contributed by atoms with Gasteiger partial charge >= 0.3 is 0 Å². The first-order chi connectivity index (χ1) is 8.75. The molecule has 2 saturated carbocycles. The molecule has 0 N–H and O–H groups in total. The molecule has 0 aromatic carbocycles. The maximum atomic E-state index is 12.6. The summed E-state index contributed by atoms with van der Waals surface area (Å²) in [6, 6.07) is 0. The SMILES string of the molecule is Cn1cc(C(=O)C2CCCCC2C2CCC2)cn1. The molecule has 2 atom stereocenters. The van der Waals surface area contributed by atoms with Crippen LogP contribution in [0, 0.1) is 17.8 Å². The minimum Gasteiger partial charge on any atom is -0.294 e. The summed E-state index contributed by atoms with van der Waals surface area (Å²) in [5.41, 5.74) is 0.814. The Morgan fingerprint density at radius 2 is 2.00 bits per heavy atom. The maximum absolute atomic E-state index is 12.6. The van der Waals surface area contributed by atoms with Gasteiger partial charge in [-0.3, -0.25) is 9.48 Å². The zero-order valence-corrected chi connectivity index (χ0v) is 11.1. The lowest BCUT2D eigenvalue weighted by Crippen LogP contribution is -2.35. The fourth-order valence-corrected chi connectivity index (χ4v) is 3.68. The van der Waals surface area contributed by atoms with Gasteiger partial charge in [0.15, 0.2) is 5.78 Å². The van der Waals surface area contributed by atoms with Gasteiger partial charge in [-0.25, -0.2) is 0 Å². The van der Waals surface area contributed by atoms with E-state index in [0.29, 0.717) is 11.7 Å². The molecule has 3 heteroatoms.